The Kier molecular flexibility index (Phi) is 4.31. The van der Waals surface area contributed by atoms with Crippen LogP contribution in [0.25, 0.3) is 11.0 Å². The Morgan fingerprint density at radius 2 is 1.86 bits per heavy atom. The number of fused-ring (bicyclic) bond motifs is 1. The van der Waals surface area contributed by atoms with Crippen molar-refractivity contribution in [2.24, 2.45) is 5.92 Å². The first kappa shape index (κ1) is 15.1. The first-order chi connectivity index (χ1) is 9.99. The predicted octanol–water partition coefficient (Wildman–Crippen LogP) is 2.58. The lowest BCUT2D eigenvalue weighted by atomic mass is 9.99. The molecule has 0 bridgehead atoms. The molecular formula is C16H18O5. The first-order valence-electron chi connectivity index (χ1n) is 6.69. The minimum Gasteiger partial charge on any atom is -0.492 e. The molecule has 5 nitrogen and oxygen atoms in total. The van der Waals surface area contributed by atoms with Gasteiger partial charge in [-0.25, -0.2) is 4.79 Å². The van der Waals surface area contributed by atoms with E-state index in [1.807, 2.05) is 13.8 Å². The van der Waals surface area contributed by atoms with Gasteiger partial charge in [0.15, 0.2) is 5.75 Å². The number of Topliss-reactive ketones (excluding diaryl/α,β-unsaturated/α-hetero) is 1. The van der Waals surface area contributed by atoms with Crippen molar-refractivity contribution in [2.45, 2.75) is 20.3 Å². The summed E-state index contributed by atoms with van der Waals surface area (Å²) in [5, 5.41) is 0.614. The van der Waals surface area contributed by atoms with E-state index in [4.69, 9.17) is 13.9 Å². The molecule has 0 atom stereocenters. The van der Waals surface area contributed by atoms with E-state index in [1.165, 1.54) is 14.2 Å². The van der Waals surface area contributed by atoms with Gasteiger partial charge < -0.3 is 13.9 Å². The maximum absolute atomic E-state index is 12.0. The number of carbonyl (C=O) groups excluding carboxylic acids is 1. The van der Waals surface area contributed by atoms with Gasteiger partial charge in [0.2, 0.25) is 5.75 Å². The van der Waals surface area contributed by atoms with Crippen LogP contribution in [0.3, 0.4) is 0 Å². The molecule has 0 aliphatic carbocycles. The van der Waals surface area contributed by atoms with Crippen LogP contribution >= 0.6 is 0 Å². The highest BCUT2D eigenvalue weighted by molar-refractivity contribution is 5.92. The molecule has 0 radical (unpaired) electrons. The fourth-order valence-corrected chi connectivity index (χ4v) is 2.15. The van der Waals surface area contributed by atoms with E-state index >= 15 is 0 Å². The van der Waals surface area contributed by atoms with Crippen molar-refractivity contribution in [3.05, 3.63) is 34.2 Å². The monoisotopic (exact) mass is 290 g/mol. The number of para-hydroxylation sites is 1. The van der Waals surface area contributed by atoms with Crippen molar-refractivity contribution in [3.8, 4) is 11.5 Å². The lowest BCUT2D eigenvalue weighted by molar-refractivity contribution is -0.121. The summed E-state index contributed by atoms with van der Waals surface area (Å²) in [6.45, 7) is 3.68. The number of ether oxygens (including phenoxy) is 2. The molecule has 0 fully saturated rings. The molecular weight excluding hydrogens is 272 g/mol. The number of ketones is 1. The highest BCUT2D eigenvalue weighted by Crippen LogP contribution is 2.33. The molecule has 0 aliphatic rings. The molecule has 2 rings (SSSR count). The van der Waals surface area contributed by atoms with Gasteiger partial charge in [-0.05, 0) is 6.07 Å². The molecule has 1 aromatic carbocycles. The van der Waals surface area contributed by atoms with Crippen molar-refractivity contribution >= 4 is 16.8 Å². The Morgan fingerprint density at radius 1 is 1.19 bits per heavy atom. The van der Waals surface area contributed by atoms with E-state index in [2.05, 4.69) is 0 Å². The van der Waals surface area contributed by atoms with E-state index in [0.717, 1.165) is 0 Å². The maximum Gasteiger partial charge on any atom is 0.383 e. The lowest BCUT2D eigenvalue weighted by Crippen LogP contribution is -2.12. The molecule has 5 heteroatoms. The van der Waals surface area contributed by atoms with Crippen molar-refractivity contribution in [3.63, 3.8) is 0 Å². The standard InChI is InChI=1S/C16H18O5/c1-9(2)12(17)8-10-6-5-7-11-13(10)21-16(18)15(20-4)14(11)19-3/h5-7,9H,8H2,1-4H3. The van der Waals surface area contributed by atoms with Crippen LogP contribution in [-0.2, 0) is 11.2 Å². The molecule has 0 N–H and O–H groups in total. The van der Waals surface area contributed by atoms with Crippen LogP contribution in [0.15, 0.2) is 27.4 Å². The summed E-state index contributed by atoms with van der Waals surface area (Å²) >= 11 is 0. The Hall–Kier alpha value is -2.30. The summed E-state index contributed by atoms with van der Waals surface area (Å²) in [6, 6.07) is 5.34. The van der Waals surface area contributed by atoms with E-state index in [-0.39, 0.29) is 23.9 Å². The van der Waals surface area contributed by atoms with Crippen LogP contribution in [-0.4, -0.2) is 20.0 Å². The van der Waals surface area contributed by atoms with Crippen LogP contribution in [0.2, 0.25) is 0 Å². The molecule has 0 spiro atoms. The minimum atomic E-state index is -0.619. The predicted molar refractivity (Wildman–Crippen MR) is 79.1 cm³/mol. The maximum atomic E-state index is 12.0. The SMILES string of the molecule is COc1c(OC)c2cccc(CC(=O)C(C)C)c2oc1=O. The first-order valence-corrected chi connectivity index (χ1v) is 6.69. The molecule has 2 aromatic rings. The number of hydrogen-bond acceptors (Lipinski definition) is 5. The van der Waals surface area contributed by atoms with Crippen LogP contribution in [0.5, 0.6) is 11.5 Å². The highest BCUT2D eigenvalue weighted by atomic mass is 16.5. The van der Waals surface area contributed by atoms with Gasteiger partial charge in [0.1, 0.15) is 11.4 Å². The zero-order valence-electron chi connectivity index (χ0n) is 12.6. The second-order valence-corrected chi connectivity index (χ2v) is 5.05. The van der Waals surface area contributed by atoms with Crippen LogP contribution in [0, 0.1) is 5.92 Å². The molecule has 0 saturated carbocycles. The molecule has 1 aromatic heterocycles. The molecule has 1 heterocycles. The number of hydrogen-bond donors (Lipinski definition) is 0. The van der Waals surface area contributed by atoms with E-state index in [1.54, 1.807) is 18.2 Å². The second kappa shape index (κ2) is 5.99. The number of methoxy groups -OCH3 is 2. The molecule has 21 heavy (non-hydrogen) atoms. The van der Waals surface area contributed by atoms with Gasteiger partial charge in [0, 0.05) is 17.9 Å². The lowest BCUT2D eigenvalue weighted by Gasteiger charge is -2.11. The van der Waals surface area contributed by atoms with Crippen LogP contribution < -0.4 is 15.1 Å². The molecule has 0 saturated heterocycles. The van der Waals surface area contributed by atoms with Gasteiger partial charge in [-0.15, -0.1) is 0 Å². The van der Waals surface area contributed by atoms with E-state index in [9.17, 15) is 9.59 Å². The summed E-state index contributed by atoms with van der Waals surface area (Å²) in [6.07, 6.45) is 0.216. The molecule has 0 unspecified atom stereocenters. The summed E-state index contributed by atoms with van der Waals surface area (Å²) < 4.78 is 15.6. The zero-order chi connectivity index (χ0) is 15.6. The van der Waals surface area contributed by atoms with Gasteiger partial charge in [-0.1, -0.05) is 26.0 Å². The number of benzene rings is 1. The largest absolute Gasteiger partial charge is 0.492 e. The van der Waals surface area contributed by atoms with Gasteiger partial charge >= 0.3 is 5.63 Å². The van der Waals surface area contributed by atoms with Crippen molar-refractivity contribution in [1.82, 2.24) is 0 Å². The third-order valence-corrected chi connectivity index (χ3v) is 3.34. The summed E-state index contributed by atoms with van der Waals surface area (Å²) in [5.74, 6) is 0.354. The van der Waals surface area contributed by atoms with E-state index in [0.29, 0.717) is 22.3 Å². The molecule has 112 valence electrons. The normalized spacial score (nSPS) is 10.9. The Balaban J connectivity index is 2.68. The van der Waals surface area contributed by atoms with Crippen LogP contribution in [0.4, 0.5) is 0 Å². The summed E-state index contributed by atoms with van der Waals surface area (Å²) in [7, 11) is 2.84. The average Bonchev–Trinajstić information content (AvgIpc) is 2.46. The smallest absolute Gasteiger partial charge is 0.383 e. The Labute approximate surface area is 122 Å². The fraction of sp³-hybridized carbons (Fsp3) is 0.375. The van der Waals surface area contributed by atoms with Crippen molar-refractivity contribution in [2.75, 3.05) is 14.2 Å². The molecule has 0 amide bonds. The van der Waals surface area contributed by atoms with Crippen LogP contribution in [0.1, 0.15) is 19.4 Å². The summed E-state index contributed by atoms with van der Waals surface area (Å²) in [5.41, 5.74) is 0.421. The number of rotatable bonds is 5. The average molecular weight is 290 g/mol. The second-order valence-electron chi connectivity index (χ2n) is 5.05. The van der Waals surface area contributed by atoms with Gasteiger partial charge in [-0.2, -0.15) is 0 Å². The third kappa shape index (κ3) is 2.77. The van der Waals surface area contributed by atoms with Crippen molar-refractivity contribution in [1.29, 1.82) is 0 Å². The van der Waals surface area contributed by atoms with E-state index < -0.39 is 5.63 Å². The summed E-state index contributed by atoms with van der Waals surface area (Å²) in [4.78, 5) is 23.9. The Bertz CT molecular complexity index is 727. The quantitative estimate of drug-likeness (QED) is 0.792. The fourth-order valence-electron chi connectivity index (χ4n) is 2.15. The Morgan fingerprint density at radius 3 is 2.43 bits per heavy atom. The number of carbonyl (C=O) groups is 1. The highest BCUT2D eigenvalue weighted by Gasteiger charge is 2.19. The zero-order valence-corrected chi connectivity index (χ0v) is 12.6. The van der Waals surface area contributed by atoms with Crippen molar-refractivity contribution < 1.29 is 18.7 Å². The van der Waals surface area contributed by atoms with Gasteiger partial charge in [0.05, 0.1) is 19.6 Å². The third-order valence-electron chi connectivity index (χ3n) is 3.34. The molecule has 0 aliphatic heterocycles. The topological polar surface area (TPSA) is 65.7 Å². The minimum absolute atomic E-state index is 0.0253. The van der Waals surface area contributed by atoms with Gasteiger partial charge in [-0.3, -0.25) is 4.79 Å². The van der Waals surface area contributed by atoms with Gasteiger partial charge in [0.25, 0.3) is 0 Å².